The van der Waals surface area contributed by atoms with Crippen molar-refractivity contribution in [3.63, 3.8) is 0 Å². The lowest BCUT2D eigenvalue weighted by molar-refractivity contribution is -0.122. The third-order valence-electron chi connectivity index (χ3n) is 5.00. The minimum absolute atomic E-state index is 0.0272. The monoisotopic (exact) mass is 407 g/mol. The lowest BCUT2D eigenvalue weighted by atomic mass is 9.81. The topological polar surface area (TPSA) is 55.8 Å². The van der Waals surface area contributed by atoms with Crippen LogP contribution < -0.4 is 9.64 Å². The maximum Gasteiger partial charge on any atom is 0.237 e. The van der Waals surface area contributed by atoms with Gasteiger partial charge in [-0.15, -0.1) is 0 Å². The Bertz CT molecular complexity index is 806. The smallest absolute Gasteiger partial charge is 0.237 e. The van der Waals surface area contributed by atoms with E-state index in [1.807, 2.05) is 13.8 Å². The van der Waals surface area contributed by atoms with Crippen LogP contribution in [-0.2, 0) is 14.3 Å². The average molecular weight is 408 g/mol. The van der Waals surface area contributed by atoms with E-state index in [2.05, 4.69) is 11.8 Å². The van der Waals surface area contributed by atoms with Crippen molar-refractivity contribution >= 4 is 29.1 Å². The van der Waals surface area contributed by atoms with Crippen LogP contribution in [0.15, 0.2) is 12.1 Å². The van der Waals surface area contributed by atoms with E-state index < -0.39 is 5.82 Å². The molecule has 2 fully saturated rings. The third kappa shape index (κ3) is 4.31. The molecule has 2 aliphatic rings. The van der Waals surface area contributed by atoms with Crippen LogP contribution in [-0.4, -0.2) is 31.1 Å². The minimum Gasteiger partial charge on any atom is -0.479 e. The summed E-state index contributed by atoms with van der Waals surface area (Å²) in [5.41, 5.74) is -0.111. The molecule has 0 radical (unpaired) electrons. The number of carbonyl (C=O) groups is 2. The van der Waals surface area contributed by atoms with Crippen LogP contribution in [0.1, 0.15) is 39.5 Å². The summed E-state index contributed by atoms with van der Waals surface area (Å²) in [5.74, 6) is 3.64. The normalized spacial score (nSPS) is 21.5. The predicted octanol–water partition coefficient (Wildman–Crippen LogP) is 3.97. The average Bonchev–Trinajstić information content (AvgIpc) is 2.91. The summed E-state index contributed by atoms with van der Waals surface area (Å²) in [5, 5.41) is 0.0537. The van der Waals surface area contributed by atoms with Gasteiger partial charge >= 0.3 is 0 Å². The minimum atomic E-state index is -0.728. The number of rotatable bonds is 5. The first-order valence-electron chi connectivity index (χ1n) is 9.47. The largest absolute Gasteiger partial charge is 0.479 e. The van der Waals surface area contributed by atoms with Crippen molar-refractivity contribution in [3.05, 3.63) is 23.0 Å². The van der Waals surface area contributed by atoms with Crippen molar-refractivity contribution in [2.75, 3.05) is 18.1 Å². The van der Waals surface area contributed by atoms with Crippen molar-refractivity contribution in [2.45, 2.75) is 45.6 Å². The molecule has 150 valence electrons. The molecule has 3 rings (SSSR count). The summed E-state index contributed by atoms with van der Waals surface area (Å²) in [6.07, 6.45) is 3.23. The Balaban J connectivity index is 1.76. The zero-order chi connectivity index (χ0) is 20.3. The highest BCUT2D eigenvalue weighted by molar-refractivity contribution is 6.32. The van der Waals surface area contributed by atoms with E-state index in [0.29, 0.717) is 12.8 Å². The molecule has 0 aromatic heterocycles. The van der Waals surface area contributed by atoms with Crippen LogP contribution in [0, 0.1) is 29.5 Å². The second kappa shape index (κ2) is 8.93. The molecule has 1 aromatic rings. The zero-order valence-corrected chi connectivity index (χ0v) is 16.7. The molecule has 1 aliphatic heterocycles. The summed E-state index contributed by atoms with van der Waals surface area (Å²) >= 11 is 6.06. The lowest BCUT2D eigenvalue weighted by Crippen LogP contribution is -2.31. The van der Waals surface area contributed by atoms with Gasteiger partial charge in [-0.1, -0.05) is 36.3 Å². The van der Waals surface area contributed by atoms with Crippen molar-refractivity contribution in [1.82, 2.24) is 0 Å². The van der Waals surface area contributed by atoms with Gasteiger partial charge in [-0.3, -0.25) is 9.59 Å². The van der Waals surface area contributed by atoms with E-state index in [1.165, 1.54) is 6.07 Å². The van der Waals surface area contributed by atoms with E-state index in [0.717, 1.165) is 23.8 Å². The van der Waals surface area contributed by atoms with Crippen molar-refractivity contribution < 1.29 is 23.5 Å². The Hall–Kier alpha value is -2.10. The number of hydrogen-bond acceptors (Lipinski definition) is 4. The van der Waals surface area contributed by atoms with Gasteiger partial charge in [0, 0.05) is 6.07 Å². The van der Waals surface area contributed by atoms with Gasteiger partial charge in [-0.2, -0.15) is 0 Å². The highest BCUT2D eigenvalue weighted by atomic mass is 35.5. The van der Waals surface area contributed by atoms with Gasteiger partial charge in [0.25, 0.3) is 0 Å². The Morgan fingerprint density at radius 2 is 1.75 bits per heavy atom. The molecule has 5 nitrogen and oxygen atoms in total. The van der Waals surface area contributed by atoms with E-state index in [1.54, 1.807) is 0 Å². The molecule has 1 heterocycles. The molecule has 0 N–H and O–H groups in total. The van der Waals surface area contributed by atoms with E-state index in [4.69, 9.17) is 21.1 Å². The highest BCUT2D eigenvalue weighted by Gasteiger charge is 2.49. The van der Waals surface area contributed by atoms with Crippen molar-refractivity contribution in [1.29, 1.82) is 0 Å². The van der Waals surface area contributed by atoms with Crippen molar-refractivity contribution in [2.24, 2.45) is 11.8 Å². The summed E-state index contributed by atoms with van der Waals surface area (Å²) in [4.78, 5) is 26.4. The number of fused-ring (bicyclic) bond motifs is 1. The zero-order valence-electron chi connectivity index (χ0n) is 16.0. The molecule has 28 heavy (non-hydrogen) atoms. The van der Waals surface area contributed by atoms with Crippen LogP contribution in [0.4, 0.5) is 10.1 Å². The summed E-state index contributed by atoms with van der Waals surface area (Å²) in [6.45, 7) is 4.13. The molecule has 1 saturated heterocycles. The SMILES string of the molecule is CC(C)OCC#CCOc1cc(N2C(=O)C3CCCCC3C2=O)c(F)cc1Cl. The Labute approximate surface area is 169 Å². The number of anilines is 1. The number of amides is 2. The number of hydrogen-bond donors (Lipinski definition) is 0. The van der Waals surface area contributed by atoms with Crippen LogP contribution in [0.5, 0.6) is 5.75 Å². The van der Waals surface area contributed by atoms with Crippen LogP contribution in [0.3, 0.4) is 0 Å². The van der Waals surface area contributed by atoms with Gasteiger partial charge in [-0.25, -0.2) is 9.29 Å². The second-order valence-corrected chi connectivity index (χ2v) is 7.65. The fourth-order valence-corrected chi connectivity index (χ4v) is 3.83. The first kappa shape index (κ1) is 20.6. The van der Waals surface area contributed by atoms with Gasteiger partial charge in [-0.05, 0) is 32.8 Å². The first-order valence-corrected chi connectivity index (χ1v) is 9.85. The third-order valence-corrected chi connectivity index (χ3v) is 5.29. The molecule has 0 bridgehead atoms. The molecule has 0 spiro atoms. The van der Waals surface area contributed by atoms with Gasteiger partial charge in [0.05, 0.1) is 28.6 Å². The van der Waals surface area contributed by atoms with Gasteiger partial charge in [0.15, 0.2) is 0 Å². The number of ether oxygens (including phenoxy) is 2. The highest BCUT2D eigenvalue weighted by Crippen LogP contribution is 2.42. The molecular weight excluding hydrogens is 385 g/mol. The Morgan fingerprint density at radius 1 is 1.14 bits per heavy atom. The molecule has 2 atom stereocenters. The second-order valence-electron chi connectivity index (χ2n) is 7.25. The molecule has 1 saturated carbocycles. The predicted molar refractivity (Wildman–Crippen MR) is 104 cm³/mol. The quantitative estimate of drug-likeness (QED) is 0.547. The van der Waals surface area contributed by atoms with Gasteiger partial charge < -0.3 is 9.47 Å². The summed E-state index contributed by atoms with van der Waals surface area (Å²) in [7, 11) is 0. The molecular formula is C21H23ClFNO4. The van der Waals surface area contributed by atoms with Gasteiger partial charge in [0.1, 0.15) is 24.8 Å². The van der Waals surface area contributed by atoms with Crippen molar-refractivity contribution in [3.8, 4) is 17.6 Å². The van der Waals surface area contributed by atoms with E-state index in [9.17, 15) is 14.0 Å². The van der Waals surface area contributed by atoms with E-state index >= 15 is 0 Å². The molecule has 7 heteroatoms. The number of imide groups is 1. The Kier molecular flexibility index (Phi) is 6.58. The number of nitrogens with zero attached hydrogens (tertiary/aromatic N) is 1. The number of halogens is 2. The van der Waals surface area contributed by atoms with Crippen LogP contribution in [0.2, 0.25) is 5.02 Å². The number of benzene rings is 1. The van der Waals surface area contributed by atoms with Gasteiger partial charge in [0.2, 0.25) is 11.8 Å². The standard InChI is InChI=1S/C21H23ClFNO4/c1-13(2)27-9-5-6-10-28-19-12-18(17(23)11-16(19)22)24-20(25)14-7-3-4-8-15(14)21(24)26/h11-15H,3-4,7-10H2,1-2H3. The van der Waals surface area contributed by atoms with E-state index in [-0.39, 0.29) is 59.4 Å². The fourth-order valence-electron chi connectivity index (χ4n) is 3.62. The van der Waals surface area contributed by atoms with Crippen LogP contribution >= 0.6 is 11.6 Å². The summed E-state index contributed by atoms with van der Waals surface area (Å²) < 4.78 is 25.4. The van der Waals surface area contributed by atoms with Crippen LogP contribution in [0.25, 0.3) is 0 Å². The molecule has 1 aromatic carbocycles. The molecule has 2 unspecified atom stereocenters. The molecule has 2 amide bonds. The summed E-state index contributed by atoms with van der Waals surface area (Å²) in [6, 6.07) is 2.36. The Morgan fingerprint density at radius 3 is 2.36 bits per heavy atom. The number of carbonyl (C=O) groups excluding carboxylic acids is 2. The first-order chi connectivity index (χ1) is 13.4. The lowest BCUT2D eigenvalue weighted by Gasteiger charge is -2.19. The fraction of sp³-hybridized carbons (Fsp3) is 0.524. The molecule has 1 aliphatic carbocycles. The maximum atomic E-state index is 14.5. The maximum absolute atomic E-state index is 14.5.